The van der Waals surface area contributed by atoms with Crippen molar-refractivity contribution in [1.29, 1.82) is 0 Å². The Morgan fingerprint density at radius 3 is 1.41 bits per heavy atom. The van der Waals surface area contributed by atoms with Crippen LogP contribution in [0.5, 0.6) is 17.2 Å². The van der Waals surface area contributed by atoms with Crippen molar-refractivity contribution in [2.45, 2.75) is 18.5 Å². The normalized spacial score (nSPS) is 13.3. The van der Waals surface area contributed by atoms with E-state index in [1.54, 1.807) is 0 Å². The average molecular weight is 342 g/mol. The Kier molecular flexibility index (Phi) is 3.90. The predicted molar refractivity (Wildman–Crippen MR) is 55.2 cm³/mol. The van der Waals surface area contributed by atoms with Crippen LogP contribution in [0.4, 0.5) is 46.5 Å². The van der Waals surface area contributed by atoms with Crippen LogP contribution in [0.1, 0.15) is 5.56 Å². The molecule has 0 amide bonds. The van der Waals surface area contributed by atoms with Crippen molar-refractivity contribution in [3.8, 4) is 17.2 Å². The quantitative estimate of drug-likeness (QED) is 0.287. The van der Waals surface area contributed by atoms with Gasteiger partial charge in [-0.25, -0.2) is 0 Å². The van der Waals surface area contributed by atoms with Gasteiger partial charge in [-0.3, -0.25) is 0 Å². The molecule has 1 rings (SSSR count). The second kappa shape index (κ2) is 4.84. The molecule has 0 saturated carbocycles. The van der Waals surface area contributed by atoms with E-state index < -0.39 is 52.6 Å². The molecule has 0 radical (unpaired) electrons. The van der Waals surface area contributed by atoms with E-state index in [1.165, 1.54) is 0 Å². The van der Waals surface area contributed by atoms with Crippen molar-refractivity contribution in [3.63, 3.8) is 0 Å². The fourth-order valence-corrected chi connectivity index (χ4v) is 1.31. The first-order chi connectivity index (χ1) is 9.61. The molecule has 0 spiro atoms. The SMILES string of the molecule is Nc1c(O)c(C(F)(F)F)c(O)c(N)c1OC(F)(F)C(F)(F)F. The summed E-state index contributed by atoms with van der Waals surface area (Å²) in [5, 5.41) is 18.3. The molecule has 0 unspecified atom stereocenters. The number of hydrogen-bond acceptors (Lipinski definition) is 5. The van der Waals surface area contributed by atoms with Gasteiger partial charge in [-0.2, -0.15) is 35.1 Å². The van der Waals surface area contributed by atoms with Crippen LogP contribution in [-0.2, 0) is 6.18 Å². The molecule has 1 aromatic carbocycles. The van der Waals surface area contributed by atoms with Crippen LogP contribution < -0.4 is 16.2 Å². The van der Waals surface area contributed by atoms with Gasteiger partial charge in [0.05, 0.1) is 0 Å². The summed E-state index contributed by atoms with van der Waals surface area (Å²) in [7, 11) is 0. The van der Waals surface area contributed by atoms with E-state index >= 15 is 0 Å². The van der Waals surface area contributed by atoms with Crippen LogP contribution >= 0.6 is 0 Å². The van der Waals surface area contributed by atoms with Crippen molar-refractivity contribution < 1.29 is 50.1 Å². The van der Waals surface area contributed by atoms with Gasteiger partial charge in [0.25, 0.3) is 0 Å². The Labute approximate surface area is 115 Å². The number of alkyl halides is 8. The molecule has 0 aromatic heterocycles. The monoisotopic (exact) mass is 342 g/mol. The van der Waals surface area contributed by atoms with E-state index in [1.807, 2.05) is 0 Å². The molecule has 0 saturated heterocycles. The lowest BCUT2D eigenvalue weighted by Gasteiger charge is -2.24. The second-order valence-electron chi connectivity index (χ2n) is 3.84. The van der Waals surface area contributed by atoms with Gasteiger partial charge in [-0.1, -0.05) is 0 Å². The summed E-state index contributed by atoms with van der Waals surface area (Å²) in [4.78, 5) is 0. The molecule has 0 bridgehead atoms. The molecular formula is C9H6F8N2O3. The zero-order valence-electron chi connectivity index (χ0n) is 9.98. The molecule has 13 heteroatoms. The summed E-state index contributed by atoms with van der Waals surface area (Å²) in [6.07, 6.45) is -17.5. The number of phenolic OH excluding ortho intramolecular Hbond substituents is 2. The van der Waals surface area contributed by atoms with Gasteiger partial charge in [-0.05, 0) is 0 Å². The molecule has 0 heterocycles. The van der Waals surface area contributed by atoms with E-state index in [9.17, 15) is 35.1 Å². The summed E-state index contributed by atoms with van der Waals surface area (Å²) in [5.41, 5.74) is 4.17. The zero-order valence-corrected chi connectivity index (χ0v) is 9.98. The predicted octanol–water partition coefficient (Wildman–Crippen LogP) is 2.81. The van der Waals surface area contributed by atoms with Crippen LogP contribution in [0.15, 0.2) is 0 Å². The number of halogens is 8. The van der Waals surface area contributed by atoms with E-state index in [0.717, 1.165) is 0 Å². The number of benzene rings is 1. The van der Waals surface area contributed by atoms with E-state index in [-0.39, 0.29) is 0 Å². The van der Waals surface area contributed by atoms with Gasteiger partial charge in [0.15, 0.2) is 17.2 Å². The second-order valence-corrected chi connectivity index (χ2v) is 3.84. The first-order valence-corrected chi connectivity index (χ1v) is 4.94. The number of ether oxygens (including phenoxy) is 1. The molecule has 22 heavy (non-hydrogen) atoms. The number of nitrogen functional groups attached to an aromatic ring is 2. The minimum Gasteiger partial charge on any atom is -0.505 e. The third-order valence-electron chi connectivity index (χ3n) is 2.32. The highest BCUT2D eigenvalue weighted by Crippen LogP contribution is 2.54. The number of aromatic hydroxyl groups is 2. The fourth-order valence-electron chi connectivity index (χ4n) is 1.31. The van der Waals surface area contributed by atoms with Crippen LogP contribution in [0.3, 0.4) is 0 Å². The van der Waals surface area contributed by atoms with Crippen LogP contribution in [0.25, 0.3) is 0 Å². The number of anilines is 2. The standard InChI is InChI=1S/C9H6F8N2O3/c10-7(11,12)1-4(20)2(18)6(3(19)5(1)21)22-9(16,17)8(13,14)15/h20-21H,18-19H2. The molecule has 0 aliphatic rings. The summed E-state index contributed by atoms with van der Waals surface area (Å²) >= 11 is 0. The van der Waals surface area contributed by atoms with E-state index in [0.29, 0.717) is 0 Å². The number of nitrogens with two attached hydrogens (primary N) is 2. The smallest absolute Gasteiger partial charge is 0.499 e. The molecule has 0 fully saturated rings. The summed E-state index contributed by atoms with van der Waals surface area (Å²) < 4.78 is 102. The van der Waals surface area contributed by atoms with Gasteiger partial charge in [0.1, 0.15) is 16.9 Å². The maximum absolute atomic E-state index is 12.7. The van der Waals surface area contributed by atoms with Gasteiger partial charge in [0, 0.05) is 0 Å². The lowest BCUT2D eigenvalue weighted by molar-refractivity contribution is -0.360. The van der Waals surface area contributed by atoms with Crippen LogP contribution in [0, 0.1) is 0 Å². The van der Waals surface area contributed by atoms with Crippen molar-refractivity contribution in [3.05, 3.63) is 5.56 Å². The molecule has 6 N–H and O–H groups in total. The minimum absolute atomic E-state index is 1.65. The Hall–Kier alpha value is -2.34. The Morgan fingerprint density at radius 1 is 0.773 bits per heavy atom. The third kappa shape index (κ3) is 2.82. The molecular weight excluding hydrogens is 336 g/mol. The largest absolute Gasteiger partial charge is 0.505 e. The maximum atomic E-state index is 12.7. The summed E-state index contributed by atoms with van der Waals surface area (Å²) in [5.74, 6) is -5.86. The first-order valence-electron chi connectivity index (χ1n) is 4.94. The van der Waals surface area contributed by atoms with Gasteiger partial charge >= 0.3 is 18.5 Å². The summed E-state index contributed by atoms with van der Waals surface area (Å²) in [6, 6.07) is 0. The Balaban J connectivity index is 3.55. The maximum Gasteiger partial charge on any atom is 0.499 e. The molecule has 1 aromatic rings. The van der Waals surface area contributed by atoms with Crippen LogP contribution in [-0.4, -0.2) is 22.5 Å². The minimum atomic E-state index is -6.25. The topological polar surface area (TPSA) is 102 Å². The lowest BCUT2D eigenvalue weighted by Crippen LogP contribution is -2.42. The highest BCUT2D eigenvalue weighted by molar-refractivity contribution is 5.82. The van der Waals surface area contributed by atoms with Crippen molar-refractivity contribution in [2.24, 2.45) is 0 Å². The zero-order chi connectivity index (χ0) is 17.7. The number of rotatable bonds is 2. The van der Waals surface area contributed by atoms with E-state index in [2.05, 4.69) is 4.74 Å². The highest BCUT2D eigenvalue weighted by atomic mass is 19.4. The Bertz CT molecular complexity index is 567. The van der Waals surface area contributed by atoms with E-state index in [4.69, 9.17) is 21.7 Å². The first kappa shape index (κ1) is 17.7. The highest BCUT2D eigenvalue weighted by Gasteiger charge is 2.62. The molecule has 0 aliphatic heterocycles. The van der Waals surface area contributed by atoms with Gasteiger partial charge in [-0.15, -0.1) is 0 Å². The molecule has 0 aliphatic carbocycles. The Morgan fingerprint density at radius 2 is 1.14 bits per heavy atom. The van der Waals surface area contributed by atoms with Crippen LogP contribution in [0.2, 0.25) is 0 Å². The average Bonchev–Trinajstić information content (AvgIpc) is 2.29. The van der Waals surface area contributed by atoms with Crippen molar-refractivity contribution in [1.82, 2.24) is 0 Å². The molecule has 0 atom stereocenters. The number of hydrogen-bond donors (Lipinski definition) is 4. The van der Waals surface area contributed by atoms with Gasteiger partial charge < -0.3 is 26.4 Å². The fraction of sp³-hybridized carbons (Fsp3) is 0.333. The molecule has 126 valence electrons. The number of phenols is 2. The van der Waals surface area contributed by atoms with Crippen molar-refractivity contribution in [2.75, 3.05) is 11.5 Å². The lowest BCUT2D eigenvalue weighted by atomic mass is 10.1. The molecule has 5 nitrogen and oxygen atoms in total. The third-order valence-corrected chi connectivity index (χ3v) is 2.32. The van der Waals surface area contributed by atoms with Gasteiger partial charge in [0.2, 0.25) is 0 Å². The summed E-state index contributed by atoms with van der Waals surface area (Å²) in [6.45, 7) is 0. The van der Waals surface area contributed by atoms with Crippen molar-refractivity contribution >= 4 is 11.4 Å².